The molecule has 240 valence electrons. The summed E-state index contributed by atoms with van der Waals surface area (Å²) < 4.78 is 54.3. The van der Waals surface area contributed by atoms with Gasteiger partial charge < -0.3 is 19.8 Å². The third-order valence-electron chi connectivity index (χ3n) is 8.64. The molecule has 15 heteroatoms. The summed E-state index contributed by atoms with van der Waals surface area (Å²) >= 11 is 0. The Balaban J connectivity index is 1.16. The van der Waals surface area contributed by atoms with E-state index in [2.05, 4.69) is 9.88 Å². The minimum atomic E-state index is -3.79. The molecule has 4 heterocycles. The van der Waals surface area contributed by atoms with Gasteiger partial charge in [-0.2, -0.15) is 9.29 Å². The first-order valence-electron chi connectivity index (χ1n) is 14.8. The summed E-state index contributed by atoms with van der Waals surface area (Å²) in [4.78, 5) is 28.7. The van der Waals surface area contributed by atoms with Gasteiger partial charge in [-0.1, -0.05) is 12.1 Å². The monoisotopic (exact) mass is 655 g/mol. The Hall–Kier alpha value is -3.79. The number of hydrogen-bond acceptors (Lipinski definition) is 10. The lowest BCUT2D eigenvalue weighted by Gasteiger charge is -2.35. The Morgan fingerprint density at radius 1 is 0.933 bits per heavy atom. The first-order chi connectivity index (χ1) is 21.3. The summed E-state index contributed by atoms with van der Waals surface area (Å²) in [5.41, 5.74) is 2.69. The molecule has 3 aliphatic rings. The summed E-state index contributed by atoms with van der Waals surface area (Å²) in [5, 5.41) is 9.93. The molecule has 1 amide bonds. The molecule has 1 atom stereocenters. The van der Waals surface area contributed by atoms with E-state index >= 15 is 0 Å². The Morgan fingerprint density at radius 2 is 1.67 bits per heavy atom. The van der Waals surface area contributed by atoms with Gasteiger partial charge >= 0.3 is 0 Å². The van der Waals surface area contributed by atoms with Crippen molar-refractivity contribution in [2.45, 2.75) is 30.8 Å². The third kappa shape index (κ3) is 6.09. The van der Waals surface area contributed by atoms with Crippen LogP contribution in [0.3, 0.4) is 0 Å². The maximum absolute atomic E-state index is 13.7. The van der Waals surface area contributed by atoms with Crippen LogP contribution < -0.4 is 19.0 Å². The smallest absolute Gasteiger partial charge is 0.260 e. The molecule has 2 fully saturated rings. The molecule has 3 aromatic rings. The van der Waals surface area contributed by atoms with Gasteiger partial charge in [-0.3, -0.25) is 9.10 Å². The minimum absolute atomic E-state index is 0.175. The van der Waals surface area contributed by atoms with Crippen LogP contribution >= 0.6 is 0 Å². The summed E-state index contributed by atoms with van der Waals surface area (Å²) in [6.07, 6.45) is 1.85. The number of fused-ring (bicyclic) bond motifs is 1. The van der Waals surface area contributed by atoms with Gasteiger partial charge in [0.25, 0.3) is 5.91 Å². The van der Waals surface area contributed by atoms with Gasteiger partial charge in [0.2, 0.25) is 26.0 Å². The Bertz CT molecular complexity index is 1840. The van der Waals surface area contributed by atoms with E-state index in [1.165, 1.54) is 17.4 Å². The van der Waals surface area contributed by atoms with Crippen molar-refractivity contribution >= 4 is 49.1 Å². The number of nitrogens with zero attached hydrogens (tertiary/aromatic N) is 7. The van der Waals surface area contributed by atoms with Gasteiger partial charge in [0.15, 0.2) is 0 Å². The molecular weight excluding hydrogens is 619 g/mol. The fourth-order valence-corrected chi connectivity index (χ4v) is 8.06. The van der Waals surface area contributed by atoms with Crippen LogP contribution in [0.25, 0.3) is 0 Å². The predicted molar refractivity (Wildman–Crippen MR) is 172 cm³/mol. The van der Waals surface area contributed by atoms with Crippen LogP contribution in [0.1, 0.15) is 28.0 Å². The molecule has 45 heavy (non-hydrogen) atoms. The molecule has 1 N–H and O–H groups in total. The number of aryl methyl sites for hydroxylation is 1. The number of carbonyl (C=O) groups is 1. The van der Waals surface area contributed by atoms with Gasteiger partial charge in [-0.15, -0.1) is 0 Å². The van der Waals surface area contributed by atoms with Crippen molar-refractivity contribution in [1.29, 1.82) is 0 Å². The largest absolute Gasteiger partial charge is 0.391 e. The second-order valence-electron chi connectivity index (χ2n) is 11.7. The number of rotatable bonds is 7. The number of carbonyl (C=O) groups excluding carboxylic acids is 1. The van der Waals surface area contributed by atoms with Crippen molar-refractivity contribution in [3.05, 3.63) is 65.4 Å². The van der Waals surface area contributed by atoms with Crippen LogP contribution in [0.4, 0.5) is 23.1 Å². The van der Waals surface area contributed by atoms with Crippen molar-refractivity contribution in [2.24, 2.45) is 0 Å². The zero-order valence-corrected chi connectivity index (χ0v) is 27.1. The molecule has 13 nitrogen and oxygen atoms in total. The van der Waals surface area contributed by atoms with Gasteiger partial charge in [0.05, 0.1) is 28.5 Å². The molecule has 3 aliphatic heterocycles. The molecule has 0 saturated carbocycles. The second kappa shape index (κ2) is 11.9. The highest BCUT2D eigenvalue weighted by Gasteiger charge is 2.33. The normalized spacial score (nSPS) is 19.2. The summed E-state index contributed by atoms with van der Waals surface area (Å²) in [7, 11) is -5.97. The number of piperazine rings is 1. The van der Waals surface area contributed by atoms with Crippen LogP contribution in [-0.2, 0) is 26.5 Å². The van der Waals surface area contributed by atoms with Crippen molar-refractivity contribution in [1.82, 2.24) is 14.3 Å². The average molecular weight is 656 g/mol. The van der Waals surface area contributed by atoms with E-state index in [1.54, 1.807) is 41.3 Å². The van der Waals surface area contributed by atoms with E-state index in [9.17, 15) is 26.7 Å². The second-order valence-corrected chi connectivity index (χ2v) is 15.6. The van der Waals surface area contributed by atoms with E-state index < -0.39 is 20.0 Å². The SMILES string of the molecule is Cc1cc(N2CCN(S(=O)(=O)c3ccc4c(c3)CCN4C(=O)c3ccccc3N(C)S(C)(=O)=O)CC2)nc(N2CC[C@H](O)C2)n1. The molecule has 6 rings (SSSR count). The number of benzene rings is 2. The molecule has 1 aromatic heterocycles. The van der Waals surface area contributed by atoms with Crippen LogP contribution in [0.5, 0.6) is 0 Å². The van der Waals surface area contributed by atoms with E-state index in [4.69, 9.17) is 4.98 Å². The molecule has 2 aromatic carbocycles. The summed E-state index contributed by atoms with van der Waals surface area (Å²) in [6.45, 7) is 4.94. The van der Waals surface area contributed by atoms with Crippen molar-refractivity contribution in [3.63, 3.8) is 0 Å². The van der Waals surface area contributed by atoms with Crippen molar-refractivity contribution < 1.29 is 26.7 Å². The standard InChI is InChI=1S/C30H37N7O6S2/c1-21-18-28(32-30(31-21)35-12-11-23(38)20-35)34-14-16-36(17-15-34)45(42,43)24-8-9-26-22(19-24)10-13-37(26)29(39)25-6-4-5-7-27(25)33(2)44(3,40)41/h4-9,18-19,23,38H,10-17,20H2,1-3H3/t23-/m0/s1. The number of amides is 1. The Morgan fingerprint density at radius 3 is 2.36 bits per heavy atom. The molecule has 0 spiro atoms. The number of hydrogen-bond donors (Lipinski definition) is 1. The fourth-order valence-electron chi connectivity index (χ4n) is 6.07. The first kappa shape index (κ1) is 31.2. The highest BCUT2D eigenvalue weighted by Crippen LogP contribution is 2.34. The highest BCUT2D eigenvalue weighted by atomic mass is 32.2. The molecule has 0 radical (unpaired) electrons. The van der Waals surface area contributed by atoms with Gasteiger partial charge in [0.1, 0.15) is 5.82 Å². The van der Waals surface area contributed by atoms with Gasteiger partial charge in [-0.05, 0) is 55.7 Å². The van der Waals surface area contributed by atoms with E-state index in [1.807, 2.05) is 17.9 Å². The zero-order valence-electron chi connectivity index (χ0n) is 25.5. The first-order valence-corrected chi connectivity index (χ1v) is 18.1. The maximum atomic E-state index is 13.7. The van der Waals surface area contributed by atoms with Crippen molar-refractivity contribution in [3.8, 4) is 0 Å². The third-order valence-corrected chi connectivity index (χ3v) is 11.7. The average Bonchev–Trinajstić information content (AvgIpc) is 3.65. The van der Waals surface area contributed by atoms with Crippen LogP contribution in [0, 0.1) is 6.92 Å². The number of aliphatic hydroxyl groups excluding tert-OH is 1. The predicted octanol–water partition coefficient (Wildman–Crippen LogP) is 1.47. The molecule has 0 unspecified atom stereocenters. The maximum Gasteiger partial charge on any atom is 0.260 e. The number of sulfonamides is 2. The minimum Gasteiger partial charge on any atom is -0.391 e. The van der Waals surface area contributed by atoms with E-state index in [-0.39, 0.29) is 41.2 Å². The van der Waals surface area contributed by atoms with E-state index in [0.29, 0.717) is 57.2 Å². The highest BCUT2D eigenvalue weighted by molar-refractivity contribution is 7.92. The van der Waals surface area contributed by atoms with Crippen molar-refractivity contribution in [2.75, 3.05) is 78.1 Å². The Kier molecular flexibility index (Phi) is 8.22. The zero-order chi connectivity index (χ0) is 32.1. The number of aliphatic hydroxyl groups is 1. The molecule has 0 bridgehead atoms. The van der Waals surface area contributed by atoms with Crippen LogP contribution in [0.2, 0.25) is 0 Å². The summed E-state index contributed by atoms with van der Waals surface area (Å²) in [6, 6.07) is 13.3. The summed E-state index contributed by atoms with van der Waals surface area (Å²) in [5.74, 6) is 0.964. The van der Waals surface area contributed by atoms with Crippen LogP contribution in [0.15, 0.2) is 53.4 Å². The van der Waals surface area contributed by atoms with Gasteiger partial charge in [0, 0.05) is 70.3 Å². The Labute approximate surface area is 263 Å². The topological polar surface area (TPSA) is 148 Å². The van der Waals surface area contributed by atoms with E-state index in [0.717, 1.165) is 27.6 Å². The molecular formula is C30H37N7O6S2. The lowest BCUT2D eigenvalue weighted by molar-refractivity contribution is 0.0990. The van der Waals surface area contributed by atoms with Gasteiger partial charge in [-0.25, -0.2) is 21.8 Å². The fraction of sp³-hybridized carbons (Fsp3) is 0.433. The number of aromatic nitrogens is 2. The quantitative estimate of drug-likeness (QED) is 0.397. The van der Waals surface area contributed by atoms with Crippen LogP contribution in [-0.4, -0.2) is 107 Å². The lowest BCUT2D eigenvalue weighted by Crippen LogP contribution is -2.49. The number of β-amino-alcohol motifs (C(OH)–C–C–N with tert-alkyl or cyclic N) is 1. The number of para-hydroxylation sites is 1. The molecule has 0 aliphatic carbocycles. The molecule has 2 saturated heterocycles. The number of anilines is 4. The lowest BCUT2D eigenvalue weighted by atomic mass is 10.1.